The van der Waals surface area contributed by atoms with Crippen molar-refractivity contribution in [3.8, 4) is 0 Å². The predicted octanol–water partition coefficient (Wildman–Crippen LogP) is 2.23. The fourth-order valence-electron chi connectivity index (χ4n) is 3.29. The van der Waals surface area contributed by atoms with Crippen molar-refractivity contribution in [1.82, 2.24) is 14.8 Å². The van der Waals surface area contributed by atoms with Gasteiger partial charge in [-0.2, -0.15) is 5.10 Å². The van der Waals surface area contributed by atoms with Crippen molar-refractivity contribution in [2.75, 3.05) is 0 Å². The van der Waals surface area contributed by atoms with Crippen LogP contribution in [0.15, 0.2) is 24.3 Å². The molecule has 1 aliphatic rings. The van der Waals surface area contributed by atoms with Crippen LogP contribution in [0.5, 0.6) is 0 Å². The van der Waals surface area contributed by atoms with Gasteiger partial charge >= 0.3 is 0 Å². The third kappa shape index (κ3) is 3.82. The fourth-order valence-corrected chi connectivity index (χ4v) is 3.29. The third-order valence-electron chi connectivity index (χ3n) is 4.52. The minimum Gasteiger partial charge on any atom is -0.391 e. The summed E-state index contributed by atoms with van der Waals surface area (Å²) in [5, 5.41) is 14.6. The monoisotopic (exact) mass is 332 g/mol. The Morgan fingerprint density at radius 3 is 2.58 bits per heavy atom. The molecule has 130 valence electrons. The molecule has 2 aromatic rings. The molecule has 6 heteroatoms. The lowest BCUT2D eigenvalue weighted by Gasteiger charge is -2.11. The first kappa shape index (κ1) is 17.0. The van der Waals surface area contributed by atoms with Gasteiger partial charge in [0.2, 0.25) is 0 Å². The highest BCUT2D eigenvalue weighted by atomic mass is 19.1. The summed E-state index contributed by atoms with van der Waals surface area (Å²) in [6.45, 7) is 4.81. The zero-order chi connectivity index (χ0) is 17.3. The van der Waals surface area contributed by atoms with Crippen molar-refractivity contribution in [2.24, 2.45) is 11.7 Å². The van der Waals surface area contributed by atoms with E-state index < -0.39 is 6.10 Å². The summed E-state index contributed by atoms with van der Waals surface area (Å²) in [5.41, 5.74) is 6.94. The van der Waals surface area contributed by atoms with Crippen LogP contribution in [-0.4, -0.2) is 32.0 Å². The summed E-state index contributed by atoms with van der Waals surface area (Å²) in [5.74, 6) is 2.03. The number of nitrogens with zero attached hydrogens (tertiary/aromatic N) is 3. The highest BCUT2D eigenvalue weighted by Crippen LogP contribution is 2.33. The number of aromatic nitrogens is 3. The Labute approximate surface area is 141 Å². The molecule has 0 amide bonds. The Kier molecular flexibility index (Phi) is 4.96. The van der Waals surface area contributed by atoms with Gasteiger partial charge in [0.25, 0.3) is 0 Å². The van der Waals surface area contributed by atoms with Crippen molar-refractivity contribution in [3.05, 3.63) is 47.3 Å². The molecule has 1 saturated carbocycles. The van der Waals surface area contributed by atoms with Crippen LogP contribution in [0.2, 0.25) is 0 Å². The molecule has 0 spiro atoms. The lowest BCUT2D eigenvalue weighted by molar-refractivity contribution is 0.163. The molecule has 0 unspecified atom stereocenters. The van der Waals surface area contributed by atoms with Crippen LogP contribution in [-0.2, 0) is 13.0 Å². The van der Waals surface area contributed by atoms with Crippen molar-refractivity contribution in [3.63, 3.8) is 0 Å². The van der Waals surface area contributed by atoms with E-state index in [1.54, 1.807) is 12.1 Å². The van der Waals surface area contributed by atoms with Crippen molar-refractivity contribution in [2.45, 2.75) is 57.7 Å². The first-order valence-corrected chi connectivity index (χ1v) is 8.54. The lowest BCUT2D eigenvalue weighted by atomic mass is 10.1. The molecule has 3 N–H and O–H groups in total. The van der Waals surface area contributed by atoms with Crippen LogP contribution >= 0.6 is 0 Å². The molecule has 24 heavy (non-hydrogen) atoms. The summed E-state index contributed by atoms with van der Waals surface area (Å²) in [6.07, 6.45) is 1.65. The number of nitrogens with two attached hydrogens (primary N) is 1. The highest BCUT2D eigenvalue weighted by molar-refractivity contribution is 5.17. The molecule has 1 heterocycles. The molecule has 0 saturated heterocycles. The Balaban J connectivity index is 1.87. The van der Waals surface area contributed by atoms with E-state index >= 15 is 0 Å². The summed E-state index contributed by atoms with van der Waals surface area (Å²) >= 11 is 0. The highest BCUT2D eigenvalue weighted by Gasteiger charge is 2.34. The number of halogens is 1. The lowest BCUT2D eigenvalue weighted by Crippen LogP contribution is -2.28. The zero-order valence-electron chi connectivity index (χ0n) is 14.2. The maximum Gasteiger partial charge on any atom is 0.151 e. The topological polar surface area (TPSA) is 77.0 Å². The Morgan fingerprint density at radius 1 is 1.29 bits per heavy atom. The SMILES string of the molecule is CC(C)Cc1nc([C@H]2C[C@@H](N)[C@H](O)C2)n(Cc2ccc(F)cc2)n1. The first-order chi connectivity index (χ1) is 11.4. The van der Waals surface area contributed by atoms with Gasteiger partial charge in [-0.05, 0) is 36.5 Å². The molecular formula is C18H25FN4O. The Bertz CT molecular complexity index is 673. The van der Waals surface area contributed by atoms with Crippen LogP contribution in [0.4, 0.5) is 4.39 Å². The number of hydrogen-bond acceptors (Lipinski definition) is 4. The van der Waals surface area contributed by atoms with Crippen LogP contribution in [0.3, 0.4) is 0 Å². The molecular weight excluding hydrogens is 307 g/mol. The van der Waals surface area contributed by atoms with Gasteiger partial charge in [-0.25, -0.2) is 14.1 Å². The van der Waals surface area contributed by atoms with Crippen molar-refractivity contribution < 1.29 is 9.50 Å². The average molecular weight is 332 g/mol. The van der Waals surface area contributed by atoms with E-state index in [2.05, 4.69) is 18.9 Å². The molecule has 1 aromatic carbocycles. The normalized spacial score (nSPS) is 24.0. The summed E-state index contributed by atoms with van der Waals surface area (Å²) in [7, 11) is 0. The number of benzene rings is 1. The van der Waals surface area contributed by atoms with Crippen LogP contribution < -0.4 is 5.73 Å². The molecule has 3 atom stereocenters. The Morgan fingerprint density at radius 2 is 2.00 bits per heavy atom. The minimum absolute atomic E-state index is 0.115. The van der Waals surface area contributed by atoms with Crippen LogP contribution in [0.25, 0.3) is 0 Å². The largest absolute Gasteiger partial charge is 0.391 e. The van der Waals surface area contributed by atoms with E-state index in [9.17, 15) is 9.50 Å². The smallest absolute Gasteiger partial charge is 0.151 e. The number of aliphatic hydroxyl groups excluding tert-OH is 1. The molecule has 0 radical (unpaired) electrons. The Hall–Kier alpha value is -1.79. The van der Waals surface area contributed by atoms with E-state index in [0.29, 0.717) is 25.3 Å². The zero-order valence-corrected chi connectivity index (χ0v) is 14.2. The van der Waals surface area contributed by atoms with E-state index in [1.807, 2.05) is 4.68 Å². The molecule has 1 fully saturated rings. The van der Waals surface area contributed by atoms with Crippen molar-refractivity contribution in [1.29, 1.82) is 0 Å². The quantitative estimate of drug-likeness (QED) is 0.880. The molecule has 0 aliphatic heterocycles. The number of aliphatic hydroxyl groups is 1. The maximum atomic E-state index is 13.1. The third-order valence-corrected chi connectivity index (χ3v) is 4.52. The molecule has 5 nitrogen and oxygen atoms in total. The predicted molar refractivity (Wildman–Crippen MR) is 90.0 cm³/mol. The van der Waals surface area contributed by atoms with Crippen LogP contribution in [0, 0.1) is 11.7 Å². The summed E-state index contributed by atoms with van der Waals surface area (Å²) in [6, 6.07) is 6.22. The van der Waals surface area contributed by atoms with Gasteiger partial charge in [0.05, 0.1) is 12.6 Å². The second-order valence-electron chi connectivity index (χ2n) is 7.17. The van der Waals surface area contributed by atoms with Crippen molar-refractivity contribution >= 4 is 0 Å². The second-order valence-corrected chi connectivity index (χ2v) is 7.17. The summed E-state index contributed by atoms with van der Waals surface area (Å²) < 4.78 is 15.0. The second kappa shape index (κ2) is 6.99. The van der Waals surface area contributed by atoms with E-state index in [-0.39, 0.29) is 17.8 Å². The summed E-state index contributed by atoms with van der Waals surface area (Å²) in [4.78, 5) is 4.73. The fraction of sp³-hybridized carbons (Fsp3) is 0.556. The number of rotatable bonds is 5. The molecule has 1 aliphatic carbocycles. The minimum atomic E-state index is -0.487. The number of hydrogen-bond donors (Lipinski definition) is 2. The molecule has 0 bridgehead atoms. The van der Waals surface area contributed by atoms with E-state index in [4.69, 9.17) is 10.7 Å². The van der Waals surface area contributed by atoms with Gasteiger partial charge in [-0.1, -0.05) is 26.0 Å². The maximum absolute atomic E-state index is 13.1. The standard InChI is InChI=1S/C18H25FN4O/c1-11(2)7-17-21-18(13-8-15(20)16(24)9-13)23(22-17)10-12-3-5-14(19)6-4-12/h3-6,11,13,15-16,24H,7-10,20H2,1-2H3/t13-,15+,16+/m0/s1. The van der Waals surface area contributed by atoms with Crippen LogP contribution in [0.1, 0.15) is 49.8 Å². The van der Waals surface area contributed by atoms with Gasteiger partial charge in [-0.3, -0.25) is 0 Å². The van der Waals surface area contributed by atoms with Gasteiger partial charge in [0.15, 0.2) is 5.82 Å². The van der Waals surface area contributed by atoms with Gasteiger partial charge in [0, 0.05) is 18.4 Å². The first-order valence-electron chi connectivity index (χ1n) is 8.54. The van der Waals surface area contributed by atoms with Gasteiger partial charge in [0.1, 0.15) is 11.6 Å². The van der Waals surface area contributed by atoms with E-state index in [1.165, 1.54) is 12.1 Å². The molecule has 3 rings (SSSR count). The average Bonchev–Trinajstić information content (AvgIpc) is 3.05. The van der Waals surface area contributed by atoms with Gasteiger partial charge < -0.3 is 10.8 Å². The van der Waals surface area contributed by atoms with E-state index in [0.717, 1.165) is 23.6 Å². The molecule has 1 aromatic heterocycles. The van der Waals surface area contributed by atoms with Gasteiger partial charge in [-0.15, -0.1) is 0 Å².